The van der Waals surface area contributed by atoms with Crippen LogP contribution in [0.15, 0.2) is 48.5 Å². The molecule has 0 aliphatic carbocycles. The average Bonchev–Trinajstić information content (AvgIpc) is 2.78. The zero-order valence-electron chi connectivity index (χ0n) is 18.4. The smallest absolute Gasteiger partial charge is 0.261 e. The first-order chi connectivity index (χ1) is 15.0. The van der Waals surface area contributed by atoms with Gasteiger partial charge in [0.1, 0.15) is 17.5 Å². The molecule has 1 N–H and O–H groups in total. The van der Waals surface area contributed by atoms with Gasteiger partial charge in [-0.3, -0.25) is 9.59 Å². The molecule has 0 saturated heterocycles. The third-order valence-corrected chi connectivity index (χ3v) is 5.23. The highest BCUT2D eigenvalue weighted by Gasteiger charge is 2.29. The number of methoxy groups -OCH3 is 1. The van der Waals surface area contributed by atoms with E-state index in [2.05, 4.69) is 12.2 Å². The first kappa shape index (κ1) is 24.5. The molecule has 168 valence electrons. The van der Waals surface area contributed by atoms with Gasteiger partial charge in [-0.1, -0.05) is 56.1 Å². The first-order valence-electron chi connectivity index (χ1n) is 10.6. The molecule has 2 rings (SSSR count). The minimum absolute atomic E-state index is 0.157. The van der Waals surface area contributed by atoms with Gasteiger partial charge in [-0.05, 0) is 42.7 Å². The van der Waals surface area contributed by atoms with Crippen LogP contribution in [0.25, 0.3) is 0 Å². The van der Waals surface area contributed by atoms with Crippen LogP contribution in [0.1, 0.15) is 38.7 Å². The number of unbranched alkanes of at least 4 members (excludes halogenated alkanes) is 1. The van der Waals surface area contributed by atoms with Crippen LogP contribution in [0.4, 0.5) is 0 Å². The molecule has 0 heterocycles. The Morgan fingerprint density at radius 2 is 1.81 bits per heavy atom. The summed E-state index contributed by atoms with van der Waals surface area (Å²) in [6.45, 7) is 4.63. The molecule has 0 bridgehead atoms. The number of amides is 2. The summed E-state index contributed by atoms with van der Waals surface area (Å²) in [5.74, 6) is 0.721. The third-order valence-electron chi connectivity index (χ3n) is 4.92. The monoisotopic (exact) mass is 446 g/mol. The largest absolute Gasteiger partial charge is 0.497 e. The number of para-hydroxylation sites is 1. The molecule has 0 radical (unpaired) electrons. The summed E-state index contributed by atoms with van der Waals surface area (Å²) >= 11 is 6.13. The fourth-order valence-corrected chi connectivity index (χ4v) is 3.33. The Kier molecular flexibility index (Phi) is 10.2. The second-order valence-electron chi connectivity index (χ2n) is 7.16. The summed E-state index contributed by atoms with van der Waals surface area (Å²) in [4.78, 5) is 27.5. The summed E-state index contributed by atoms with van der Waals surface area (Å²) in [6, 6.07) is 13.8. The lowest BCUT2D eigenvalue weighted by Gasteiger charge is -2.30. The van der Waals surface area contributed by atoms with Crippen molar-refractivity contribution >= 4 is 23.4 Å². The Morgan fingerprint density at radius 1 is 1.10 bits per heavy atom. The van der Waals surface area contributed by atoms with Crippen LogP contribution in [-0.2, 0) is 16.1 Å². The van der Waals surface area contributed by atoms with Crippen LogP contribution in [0.5, 0.6) is 11.5 Å². The van der Waals surface area contributed by atoms with Crippen molar-refractivity contribution in [2.24, 2.45) is 0 Å². The number of carbonyl (C=O) groups excluding carboxylic acids is 2. The molecule has 0 spiro atoms. The standard InChI is InChI=1S/C24H31ClN2O4/c1-4-6-15-26-24(29)21(5-2)27(16-18-11-13-19(30-3)14-12-18)23(28)17-31-22-10-8-7-9-20(22)25/h7-14,21H,4-6,15-17H2,1-3H3,(H,26,29)/t21-/m1/s1. The van der Waals surface area contributed by atoms with E-state index in [1.165, 1.54) is 0 Å². The fraction of sp³-hybridized carbons (Fsp3) is 0.417. The van der Waals surface area contributed by atoms with Gasteiger partial charge < -0.3 is 19.7 Å². The van der Waals surface area contributed by atoms with Gasteiger partial charge in [0.05, 0.1) is 12.1 Å². The molecule has 0 saturated carbocycles. The Hall–Kier alpha value is -2.73. The summed E-state index contributed by atoms with van der Waals surface area (Å²) < 4.78 is 10.9. The molecule has 0 aromatic heterocycles. The number of nitrogens with zero attached hydrogens (tertiary/aromatic N) is 1. The summed E-state index contributed by atoms with van der Waals surface area (Å²) in [7, 11) is 1.60. The number of hydrogen-bond acceptors (Lipinski definition) is 4. The van der Waals surface area contributed by atoms with Gasteiger partial charge in [-0.15, -0.1) is 0 Å². The SMILES string of the molecule is CCCCNC(=O)[C@@H](CC)N(Cc1ccc(OC)cc1)C(=O)COc1ccccc1Cl. The molecule has 2 amide bonds. The van der Waals surface area contributed by atoms with E-state index in [0.717, 1.165) is 24.2 Å². The van der Waals surface area contributed by atoms with Crippen LogP contribution in [-0.4, -0.2) is 43.0 Å². The van der Waals surface area contributed by atoms with Gasteiger partial charge in [0.2, 0.25) is 5.91 Å². The third kappa shape index (κ3) is 7.47. The van der Waals surface area contributed by atoms with E-state index >= 15 is 0 Å². The van der Waals surface area contributed by atoms with E-state index in [-0.39, 0.29) is 25.0 Å². The zero-order chi connectivity index (χ0) is 22.6. The van der Waals surface area contributed by atoms with Crippen LogP contribution in [0.3, 0.4) is 0 Å². The van der Waals surface area contributed by atoms with Crippen LogP contribution >= 0.6 is 11.6 Å². The van der Waals surface area contributed by atoms with Gasteiger partial charge in [-0.2, -0.15) is 0 Å². The van der Waals surface area contributed by atoms with Crippen molar-refractivity contribution in [2.75, 3.05) is 20.3 Å². The number of rotatable bonds is 12. The average molecular weight is 447 g/mol. The molecule has 6 nitrogen and oxygen atoms in total. The molecule has 1 atom stereocenters. The number of carbonyl (C=O) groups is 2. The second-order valence-corrected chi connectivity index (χ2v) is 7.56. The zero-order valence-corrected chi connectivity index (χ0v) is 19.2. The second kappa shape index (κ2) is 12.8. The van der Waals surface area contributed by atoms with Crippen LogP contribution in [0, 0.1) is 0 Å². The van der Waals surface area contributed by atoms with Crippen molar-refractivity contribution in [2.45, 2.75) is 45.7 Å². The number of nitrogens with one attached hydrogen (secondary N) is 1. The molecule has 2 aromatic rings. The molecular formula is C24H31ClN2O4. The van der Waals surface area contributed by atoms with E-state index in [0.29, 0.717) is 23.7 Å². The minimum Gasteiger partial charge on any atom is -0.497 e. The highest BCUT2D eigenvalue weighted by Crippen LogP contribution is 2.23. The number of benzene rings is 2. The normalized spacial score (nSPS) is 11.5. The molecular weight excluding hydrogens is 416 g/mol. The topological polar surface area (TPSA) is 67.9 Å². The lowest BCUT2D eigenvalue weighted by atomic mass is 10.1. The Labute approximate surface area is 189 Å². The van der Waals surface area contributed by atoms with Crippen molar-refractivity contribution in [1.29, 1.82) is 0 Å². The molecule has 7 heteroatoms. The fourth-order valence-electron chi connectivity index (χ4n) is 3.14. The van der Waals surface area contributed by atoms with Crippen molar-refractivity contribution in [1.82, 2.24) is 10.2 Å². The molecule has 0 unspecified atom stereocenters. The maximum Gasteiger partial charge on any atom is 0.261 e. The van der Waals surface area contributed by atoms with Crippen molar-refractivity contribution in [3.8, 4) is 11.5 Å². The number of halogens is 1. The Balaban J connectivity index is 2.18. The molecule has 0 aliphatic heterocycles. The van der Waals surface area contributed by atoms with Crippen molar-refractivity contribution in [3.05, 3.63) is 59.1 Å². The highest BCUT2D eigenvalue weighted by atomic mass is 35.5. The quantitative estimate of drug-likeness (QED) is 0.489. The lowest BCUT2D eigenvalue weighted by molar-refractivity contribution is -0.143. The Bertz CT molecular complexity index is 842. The lowest BCUT2D eigenvalue weighted by Crippen LogP contribution is -2.50. The number of ether oxygens (including phenoxy) is 2. The predicted molar refractivity (Wildman–Crippen MR) is 122 cm³/mol. The molecule has 31 heavy (non-hydrogen) atoms. The van der Waals surface area contributed by atoms with Crippen molar-refractivity contribution in [3.63, 3.8) is 0 Å². The summed E-state index contributed by atoms with van der Waals surface area (Å²) in [5, 5.41) is 3.37. The summed E-state index contributed by atoms with van der Waals surface area (Å²) in [6.07, 6.45) is 2.37. The van der Waals surface area contributed by atoms with Gasteiger partial charge >= 0.3 is 0 Å². The van der Waals surface area contributed by atoms with Crippen LogP contribution in [0.2, 0.25) is 5.02 Å². The number of hydrogen-bond donors (Lipinski definition) is 1. The van der Waals surface area contributed by atoms with Gasteiger partial charge in [0, 0.05) is 13.1 Å². The van der Waals surface area contributed by atoms with E-state index in [4.69, 9.17) is 21.1 Å². The van der Waals surface area contributed by atoms with E-state index in [9.17, 15) is 9.59 Å². The molecule has 2 aromatic carbocycles. The van der Waals surface area contributed by atoms with E-state index in [1.54, 1.807) is 36.3 Å². The molecule has 0 aliphatic rings. The maximum absolute atomic E-state index is 13.1. The van der Waals surface area contributed by atoms with Crippen molar-refractivity contribution < 1.29 is 19.1 Å². The van der Waals surface area contributed by atoms with E-state index < -0.39 is 6.04 Å². The van der Waals surface area contributed by atoms with Gasteiger partial charge in [-0.25, -0.2) is 0 Å². The maximum atomic E-state index is 13.1. The van der Waals surface area contributed by atoms with Gasteiger partial charge in [0.25, 0.3) is 5.91 Å². The molecule has 0 fully saturated rings. The predicted octanol–water partition coefficient (Wildman–Crippen LogP) is 4.45. The van der Waals surface area contributed by atoms with Crippen LogP contribution < -0.4 is 14.8 Å². The Morgan fingerprint density at radius 3 is 2.42 bits per heavy atom. The summed E-state index contributed by atoms with van der Waals surface area (Å²) in [5.41, 5.74) is 0.895. The first-order valence-corrected chi connectivity index (χ1v) is 10.9. The van der Waals surface area contributed by atoms with Gasteiger partial charge in [0.15, 0.2) is 6.61 Å². The highest BCUT2D eigenvalue weighted by molar-refractivity contribution is 6.32. The minimum atomic E-state index is -0.596. The van der Waals surface area contributed by atoms with E-state index in [1.807, 2.05) is 31.2 Å².